The van der Waals surface area contributed by atoms with Crippen LogP contribution in [-0.4, -0.2) is 32.3 Å². The minimum atomic E-state index is -0.332. The number of carbonyl (C=O) groups excluding carboxylic acids is 1. The van der Waals surface area contributed by atoms with Gasteiger partial charge in [-0.15, -0.1) is 0 Å². The first-order valence-corrected chi connectivity index (χ1v) is 6.70. The van der Waals surface area contributed by atoms with Crippen LogP contribution in [0.25, 0.3) is 0 Å². The van der Waals surface area contributed by atoms with Crippen molar-refractivity contribution in [1.29, 1.82) is 0 Å². The number of rotatable bonds is 8. The summed E-state index contributed by atoms with van der Waals surface area (Å²) in [6, 6.07) is 5.89. The topological polar surface area (TPSA) is 47.6 Å². The van der Waals surface area contributed by atoms with E-state index >= 15 is 0 Å². The van der Waals surface area contributed by atoms with Gasteiger partial charge in [0.1, 0.15) is 12.4 Å². The Morgan fingerprint density at radius 2 is 1.89 bits per heavy atom. The maximum Gasteiger partial charge on any atom is 0.344 e. The van der Waals surface area contributed by atoms with E-state index < -0.39 is 0 Å². The molecule has 0 aliphatic rings. The molecular formula is C15H23NO3. The van der Waals surface area contributed by atoms with Crippen molar-refractivity contribution in [3.63, 3.8) is 0 Å². The van der Waals surface area contributed by atoms with Gasteiger partial charge in [0.2, 0.25) is 0 Å². The minimum absolute atomic E-state index is 0.0422. The van der Waals surface area contributed by atoms with E-state index in [1.165, 1.54) is 0 Å². The van der Waals surface area contributed by atoms with Crippen LogP contribution in [0.3, 0.4) is 0 Å². The Hall–Kier alpha value is -1.55. The van der Waals surface area contributed by atoms with E-state index in [9.17, 15) is 4.79 Å². The van der Waals surface area contributed by atoms with E-state index in [2.05, 4.69) is 12.2 Å². The van der Waals surface area contributed by atoms with Gasteiger partial charge in [-0.05, 0) is 37.9 Å². The molecule has 0 spiro atoms. The van der Waals surface area contributed by atoms with Gasteiger partial charge in [-0.3, -0.25) is 0 Å². The van der Waals surface area contributed by atoms with Crippen LogP contribution in [-0.2, 0) is 9.53 Å². The molecular weight excluding hydrogens is 242 g/mol. The molecule has 19 heavy (non-hydrogen) atoms. The summed E-state index contributed by atoms with van der Waals surface area (Å²) in [5.41, 5.74) is 2.05. The van der Waals surface area contributed by atoms with Crippen LogP contribution in [0.5, 0.6) is 5.75 Å². The van der Waals surface area contributed by atoms with Gasteiger partial charge >= 0.3 is 5.97 Å². The summed E-state index contributed by atoms with van der Waals surface area (Å²) in [5, 5.41) is 3.16. The van der Waals surface area contributed by atoms with Crippen LogP contribution < -0.4 is 10.1 Å². The zero-order valence-corrected chi connectivity index (χ0v) is 12.0. The molecule has 0 saturated carbocycles. The average molecular weight is 265 g/mol. The lowest BCUT2D eigenvalue weighted by Gasteiger charge is -2.11. The van der Waals surface area contributed by atoms with Crippen LogP contribution in [0.2, 0.25) is 0 Å². The van der Waals surface area contributed by atoms with Crippen molar-refractivity contribution in [2.24, 2.45) is 0 Å². The minimum Gasteiger partial charge on any atom is -0.481 e. The molecule has 106 valence electrons. The van der Waals surface area contributed by atoms with Gasteiger partial charge < -0.3 is 14.8 Å². The molecule has 0 unspecified atom stereocenters. The summed E-state index contributed by atoms with van der Waals surface area (Å²) in [6.45, 7) is 7.98. The van der Waals surface area contributed by atoms with Crippen LogP contribution >= 0.6 is 0 Å². The maximum absolute atomic E-state index is 11.5. The number of ether oxygens (including phenoxy) is 2. The van der Waals surface area contributed by atoms with Crippen molar-refractivity contribution < 1.29 is 14.3 Å². The predicted molar refractivity (Wildman–Crippen MR) is 75.5 cm³/mol. The molecule has 1 N–H and O–H groups in total. The quantitative estimate of drug-likeness (QED) is 0.578. The number of nitrogens with one attached hydrogen (secondary N) is 1. The summed E-state index contributed by atoms with van der Waals surface area (Å²) < 4.78 is 10.6. The number of hydrogen-bond donors (Lipinski definition) is 1. The van der Waals surface area contributed by atoms with Crippen LogP contribution in [0, 0.1) is 13.8 Å². The molecule has 4 heteroatoms. The number of esters is 1. The SMILES string of the molecule is CCCNCCOC(=O)COc1c(C)cccc1C. The van der Waals surface area contributed by atoms with Gasteiger partial charge in [-0.25, -0.2) is 4.79 Å². The van der Waals surface area contributed by atoms with E-state index in [0.29, 0.717) is 13.2 Å². The van der Waals surface area contributed by atoms with Gasteiger partial charge in [0.25, 0.3) is 0 Å². The van der Waals surface area contributed by atoms with Gasteiger partial charge in [0.05, 0.1) is 0 Å². The Morgan fingerprint density at radius 1 is 1.21 bits per heavy atom. The van der Waals surface area contributed by atoms with Crippen molar-refractivity contribution in [3.05, 3.63) is 29.3 Å². The third kappa shape index (κ3) is 5.75. The average Bonchev–Trinajstić information content (AvgIpc) is 2.38. The van der Waals surface area contributed by atoms with E-state index in [1.54, 1.807) is 0 Å². The fourth-order valence-electron chi connectivity index (χ4n) is 1.74. The first-order valence-electron chi connectivity index (χ1n) is 6.70. The zero-order valence-electron chi connectivity index (χ0n) is 12.0. The Kier molecular flexibility index (Phi) is 6.97. The van der Waals surface area contributed by atoms with Crippen molar-refractivity contribution in [3.8, 4) is 5.75 Å². The van der Waals surface area contributed by atoms with E-state index in [0.717, 1.165) is 29.8 Å². The van der Waals surface area contributed by atoms with Crippen LogP contribution in [0.15, 0.2) is 18.2 Å². The van der Waals surface area contributed by atoms with Crippen LogP contribution in [0.1, 0.15) is 24.5 Å². The molecule has 0 fully saturated rings. The molecule has 0 heterocycles. The Bertz CT molecular complexity index is 384. The largest absolute Gasteiger partial charge is 0.481 e. The lowest BCUT2D eigenvalue weighted by atomic mass is 10.1. The molecule has 0 aromatic heterocycles. The number of hydrogen-bond acceptors (Lipinski definition) is 4. The zero-order chi connectivity index (χ0) is 14.1. The van der Waals surface area contributed by atoms with E-state index in [-0.39, 0.29) is 12.6 Å². The smallest absolute Gasteiger partial charge is 0.344 e. The summed E-state index contributed by atoms with van der Waals surface area (Å²) in [7, 11) is 0. The first kappa shape index (κ1) is 15.5. The molecule has 1 rings (SSSR count). The molecule has 0 amide bonds. The lowest BCUT2D eigenvalue weighted by Crippen LogP contribution is -2.24. The van der Waals surface area contributed by atoms with Gasteiger partial charge in [-0.1, -0.05) is 25.1 Å². The monoisotopic (exact) mass is 265 g/mol. The van der Waals surface area contributed by atoms with Crippen molar-refractivity contribution in [2.45, 2.75) is 27.2 Å². The fraction of sp³-hybridized carbons (Fsp3) is 0.533. The third-order valence-corrected chi connectivity index (χ3v) is 2.71. The number of aryl methyl sites for hydroxylation is 2. The van der Waals surface area contributed by atoms with Crippen molar-refractivity contribution in [2.75, 3.05) is 26.3 Å². The van der Waals surface area contributed by atoms with E-state index in [4.69, 9.17) is 9.47 Å². The number of carbonyl (C=O) groups is 1. The Labute approximate surface area is 115 Å². The highest BCUT2D eigenvalue weighted by Crippen LogP contribution is 2.22. The molecule has 0 saturated heterocycles. The molecule has 0 radical (unpaired) electrons. The van der Waals surface area contributed by atoms with Gasteiger partial charge in [-0.2, -0.15) is 0 Å². The van der Waals surface area contributed by atoms with Crippen LogP contribution in [0.4, 0.5) is 0 Å². The Balaban J connectivity index is 2.26. The van der Waals surface area contributed by atoms with Gasteiger partial charge in [0, 0.05) is 6.54 Å². The highest BCUT2D eigenvalue weighted by atomic mass is 16.6. The second kappa shape index (κ2) is 8.53. The third-order valence-electron chi connectivity index (χ3n) is 2.71. The number of para-hydroxylation sites is 1. The number of benzene rings is 1. The Morgan fingerprint density at radius 3 is 2.53 bits per heavy atom. The van der Waals surface area contributed by atoms with Crippen molar-refractivity contribution >= 4 is 5.97 Å². The van der Waals surface area contributed by atoms with E-state index in [1.807, 2.05) is 32.0 Å². The standard InChI is InChI=1S/C15H23NO3/c1-4-8-16-9-10-18-14(17)11-19-15-12(2)6-5-7-13(15)3/h5-7,16H,4,8-11H2,1-3H3. The molecule has 0 bridgehead atoms. The maximum atomic E-state index is 11.5. The summed E-state index contributed by atoms with van der Waals surface area (Å²) >= 11 is 0. The summed E-state index contributed by atoms with van der Waals surface area (Å²) in [4.78, 5) is 11.5. The highest BCUT2D eigenvalue weighted by molar-refractivity contribution is 5.71. The summed E-state index contributed by atoms with van der Waals surface area (Å²) in [6.07, 6.45) is 1.07. The normalized spacial score (nSPS) is 10.3. The molecule has 1 aromatic rings. The molecule has 4 nitrogen and oxygen atoms in total. The lowest BCUT2D eigenvalue weighted by molar-refractivity contribution is -0.145. The first-order chi connectivity index (χ1) is 9.15. The summed E-state index contributed by atoms with van der Waals surface area (Å²) in [5.74, 6) is 0.435. The molecule has 0 atom stereocenters. The molecule has 1 aromatic carbocycles. The second-order valence-corrected chi connectivity index (χ2v) is 4.48. The molecule has 0 aliphatic carbocycles. The fourth-order valence-corrected chi connectivity index (χ4v) is 1.74. The van der Waals surface area contributed by atoms with Gasteiger partial charge in [0.15, 0.2) is 6.61 Å². The van der Waals surface area contributed by atoms with Crippen molar-refractivity contribution in [1.82, 2.24) is 5.32 Å². The predicted octanol–water partition coefficient (Wildman–Crippen LogP) is 2.23. The second-order valence-electron chi connectivity index (χ2n) is 4.48. The highest BCUT2D eigenvalue weighted by Gasteiger charge is 2.07. The molecule has 0 aliphatic heterocycles.